The highest BCUT2D eigenvalue weighted by Gasteiger charge is 2.52. The summed E-state index contributed by atoms with van der Waals surface area (Å²) in [6.45, 7) is 10.8. The SMILES string of the molecule is CC(C)(C)Cn1nnc(-c2cnc(N3CC4(C3)CN(c3cc(F)ccc3Cl)C4)s2)n1.O=C=O. The molecule has 1 spiro atoms. The zero-order valence-corrected chi connectivity index (χ0v) is 20.0. The Kier molecular flexibility index (Phi) is 6.22. The number of nitrogens with zero attached hydrogens (tertiary/aromatic N) is 7. The fraction of sp³-hybridized carbons (Fsp3) is 0.476. The second kappa shape index (κ2) is 8.81. The zero-order chi connectivity index (χ0) is 23.8. The fourth-order valence-electron chi connectivity index (χ4n) is 4.11. The maximum absolute atomic E-state index is 13.5. The van der Waals surface area contributed by atoms with Gasteiger partial charge < -0.3 is 9.80 Å². The molecule has 3 aromatic rings. The van der Waals surface area contributed by atoms with E-state index < -0.39 is 0 Å². The number of tetrazole rings is 1. The molecule has 0 bridgehead atoms. The van der Waals surface area contributed by atoms with Gasteiger partial charge in [-0.1, -0.05) is 43.7 Å². The highest BCUT2D eigenvalue weighted by atomic mass is 35.5. The van der Waals surface area contributed by atoms with Crippen LogP contribution in [0.3, 0.4) is 0 Å². The standard InChI is InChI=1S/C20H23ClFN7S.CO2/c1-19(2,3)8-29-25-17(24-26-29)16-7-23-18(30-16)28-11-20(12-28)9-27(10-20)15-6-13(22)4-5-14(15)21;2-1-3/h4-7H,8-12H2,1-3H3;. The Balaban J connectivity index is 0.000000821. The van der Waals surface area contributed by atoms with Crippen molar-refractivity contribution in [3.63, 3.8) is 0 Å². The predicted octanol–water partition coefficient (Wildman–Crippen LogP) is 3.38. The first kappa shape index (κ1) is 23.3. The van der Waals surface area contributed by atoms with Crippen LogP contribution in [0.15, 0.2) is 24.4 Å². The molecule has 1 aromatic carbocycles. The van der Waals surface area contributed by atoms with Crippen LogP contribution in [0.4, 0.5) is 15.2 Å². The number of benzene rings is 1. The summed E-state index contributed by atoms with van der Waals surface area (Å²) >= 11 is 7.83. The number of thiazole rings is 1. The van der Waals surface area contributed by atoms with E-state index in [0.29, 0.717) is 17.4 Å². The van der Waals surface area contributed by atoms with E-state index in [2.05, 4.69) is 51.0 Å². The molecule has 12 heteroatoms. The van der Waals surface area contributed by atoms with Gasteiger partial charge in [0.15, 0.2) is 5.13 Å². The molecule has 5 rings (SSSR count). The summed E-state index contributed by atoms with van der Waals surface area (Å²) < 4.78 is 13.5. The van der Waals surface area contributed by atoms with Crippen molar-refractivity contribution < 1.29 is 14.0 Å². The van der Waals surface area contributed by atoms with Crippen LogP contribution < -0.4 is 9.80 Å². The minimum absolute atomic E-state index is 0.0924. The van der Waals surface area contributed by atoms with E-state index in [1.807, 2.05) is 6.20 Å². The van der Waals surface area contributed by atoms with Crippen molar-refractivity contribution in [2.24, 2.45) is 10.8 Å². The van der Waals surface area contributed by atoms with Gasteiger partial charge in [-0.15, -0.1) is 10.2 Å². The lowest BCUT2D eigenvalue weighted by molar-refractivity contribution is -0.191. The molecule has 2 aliphatic heterocycles. The summed E-state index contributed by atoms with van der Waals surface area (Å²) in [6, 6.07) is 4.52. The molecule has 0 atom stereocenters. The third-order valence-corrected chi connectivity index (χ3v) is 6.78. The van der Waals surface area contributed by atoms with Crippen LogP contribution in [0, 0.1) is 16.6 Å². The van der Waals surface area contributed by atoms with E-state index in [9.17, 15) is 4.39 Å². The first-order chi connectivity index (χ1) is 15.6. The van der Waals surface area contributed by atoms with E-state index in [0.717, 1.165) is 41.9 Å². The molecule has 2 saturated heterocycles. The topological polar surface area (TPSA) is 97.1 Å². The summed E-state index contributed by atoms with van der Waals surface area (Å²) in [7, 11) is 0. The molecule has 0 saturated carbocycles. The van der Waals surface area contributed by atoms with Crippen molar-refractivity contribution in [3.05, 3.63) is 35.2 Å². The van der Waals surface area contributed by atoms with Crippen LogP contribution in [0.5, 0.6) is 0 Å². The first-order valence-electron chi connectivity index (χ1n) is 10.3. The molecule has 9 nitrogen and oxygen atoms in total. The summed E-state index contributed by atoms with van der Waals surface area (Å²) in [5.74, 6) is 0.364. The van der Waals surface area contributed by atoms with Crippen molar-refractivity contribution in [1.82, 2.24) is 25.2 Å². The number of rotatable bonds is 4. The van der Waals surface area contributed by atoms with Crippen molar-refractivity contribution in [3.8, 4) is 10.7 Å². The average Bonchev–Trinajstić information content (AvgIpc) is 3.31. The normalized spacial score (nSPS) is 16.5. The third-order valence-electron chi connectivity index (χ3n) is 5.41. The Labute approximate surface area is 199 Å². The smallest absolute Gasteiger partial charge is 0.369 e. The quantitative estimate of drug-likeness (QED) is 0.548. The lowest BCUT2D eigenvalue weighted by Gasteiger charge is -2.61. The van der Waals surface area contributed by atoms with Gasteiger partial charge in [-0.05, 0) is 28.8 Å². The Hall–Kier alpha value is -2.88. The molecule has 0 unspecified atom stereocenters. The largest absolute Gasteiger partial charge is 0.373 e. The molecule has 2 aliphatic rings. The molecule has 0 N–H and O–H groups in total. The molecule has 2 aromatic heterocycles. The molecular formula is C21H23ClFN7O2S. The van der Waals surface area contributed by atoms with Crippen LogP contribution in [-0.2, 0) is 16.1 Å². The van der Waals surface area contributed by atoms with Gasteiger partial charge in [0.05, 0.1) is 28.3 Å². The number of carbonyl (C=O) groups excluding carboxylic acids is 2. The maximum atomic E-state index is 13.5. The second-order valence-corrected chi connectivity index (χ2v) is 11.0. The van der Waals surface area contributed by atoms with Gasteiger partial charge in [-0.25, -0.2) is 9.37 Å². The molecule has 0 aliphatic carbocycles. The van der Waals surface area contributed by atoms with Gasteiger partial charge in [0.2, 0.25) is 5.82 Å². The van der Waals surface area contributed by atoms with Crippen LogP contribution in [0.25, 0.3) is 10.7 Å². The van der Waals surface area contributed by atoms with Gasteiger partial charge in [-0.2, -0.15) is 14.4 Å². The highest BCUT2D eigenvalue weighted by Crippen LogP contribution is 2.46. The van der Waals surface area contributed by atoms with Gasteiger partial charge >= 0.3 is 6.15 Å². The van der Waals surface area contributed by atoms with Crippen LogP contribution in [-0.4, -0.2) is 57.5 Å². The van der Waals surface area contributed by atoms with Crippen LogP contribution >= 0.6 is 22.9 Å². The van der Waals surface area contributed by atoms with Crippen LogP contribution in [0.1, 0.15) is 20.8 Å². The molecular weight excluding hydrogens is 469 g/mol. The van der Waals surface area contributed by atoms with Crippen molar-refractivity contribution >= 4 is 39.9 Å². The highest BCUT2D eigenvalue weighted by molar-refractivity contribution is 7.18. The van der Waals surface area contributed by atoms with E-state index in [1.54, 1.807) is 22.2 Å². The molecule has 4 heterocycles. The van der Waals surface area contributed by atoms with E-state index in [4.69, 9.17) is 21.2 Å². The summed E-state index contributed by atoms with van der Waals surface area (Å²) in [5, 5.41) is 14.4. The van der Waals surface area contributed by atoms with Gasteiger partial charge in [0.25, 0.3) is 0 Å². The summed E-state index contributed by atoms with van der Waals surface area (Å²) in [4.78, 5) is 27.8. The Bertz CT molecular complexity index is 1170. The van der Waals surface area contributed by atoms with Gasteiger partial charge in [0.1, 0.15) is 5.82 Å². The molecule has 33 heavy (non-hydrogen) atoms. The fourth-order valence-corrected chi connectivity index (χ4v) is 5.18. The number of halogens is 2. The summed E-state index contributed by atoms with van der Waals surface area (Å²) in [6.07, 6.45) is 2.07. The molecule has 0 amide bonds. The summed E-state index contributed by atoms with van der Waals surface area (Å²) in [5.41, 5.74) is 1.10. The average molecular weight is 492 g/mol. The Morgan fingerprint density at radius 1 is 1.18 bits per heavy atom. The second-order valence-electron chi connectivity index (χ2n) is 9.60. The lowest BCUT2D eigenvalue weighted by atomic mass is 9.73. The maximum Gasteiger partial charge on any atom is 0.373 e. The first-order valence-corrected chi connectivity index (χ1v) is 11.5. The monoisotopic (exact) mass is 491 g/mol. The number of hydrogen-bond donors (Lipinski definition) is 0. The van der Waals surface area contributed by atoms with E-state index in [1.165, 1.54) is 12.1 Å². The third kappa shape index (κ3) is 5.05. The van der Waals surface area contributed by atoms with Crippen LogP contribution in [0.2, 0.25) is 5.02 Å². The van der Waals surface area contributed by atoms with Crippen molar-refractivity contribution in [2.75, 3.05) is 36.0 Å². The molecule has 174 valence electrons. The predicted molar refractivity (Wildman–Crippen MR) is 122 cm³/mol. The Morgan fingerprint density at radius 2 is 1.85 bits per heavy atom. The number of hydrogen-bond acceptors (Lipinski definition) is 9. The molecule has 0 radical (unpaired) electrons. The van der Waals surface area contributed by atoms with E-state index in [-0.39, 0.29) is 22.8 Å². The molecule has 2 fully saturated rings. The number of anilines is 2. The minimum atomic E-state index is -0.256. The minimum Gasteiger partial charge on any atom is -0.369 e. The van der Waals surface area contributed by atoms with Gasteiger partial charge in [0, 0.05) is 31.6 Å². The Morgan fingerprint density at radius 3 is 2.52 bits per heavy atom. The van der Waals surface area contributed by atoms with Crippen molar-refractivity contribution in [1.29, 1.82) is 0 Å². The lowest BCUT2D eigenvalue weighted by Crippen LogP contribution is -2.72. The van der Waals surface area contributed by atoms with E-state index >= 15 is 0 Å². The van der Waals surface area contributed by atoms with Crippen molar-refractivity contribution in [2.45, 2.75) is 27.3 Å². The number of aromatic nitrogens is 5. The van der Waals surface area contributed by atoms with Gasteiger partial charge in [-0.3, -0.25) is 0 Å². The zero-order valence-electron chi connectivity index (χ0n) is 18.5.